The van der Waals surface area contributed by atoms with Gasteiger partial charge in [0.2, 0.25) is 5.78 Å². The normalized spacial score (nSPS) is 27.0. The lowest BCUT2D eigenvalue weighted by molar-refractivity contribution is -0.166. The second kappa shape index (κ2) is 18.6. The van der Waals surface area contributed by atoms with Gasteiger partial charge in [-0.3, -0.25) is 24.2 Å². The fourth-order valence-electron chi connectivity index (χ4n) is 7.71. The molecule has 4 aliphatic rings. The van der Waals surface area contributed by atoms with E-state index in [4.69, 9.17) is 14.6 Å². The largest absolute Gasteiger partial charge is 0.481 e. The number of ether oxygens (including phenoxy) is 2. The quantitative estimate of drug-likeness (QED) is 0.111. The highest BCUT2D eigenvalue weighted by molar-refractivity contribution is 6.08. The Balaban J connectivity index is 0.000000230. The van der Waals surface area contributed by atoms with Crippen LogP contribution >= 0.6 is 0 Å². The second-order valence-electron chi connectivity index (χ2n) is 15.9. The number of aromatic nitrogens is 1. The van der Waals surface area contributed by atoms with Crippen molar-refractivity contribution in [3.8, 4) is 0 Å². The first-order valence-electron chi connectivity index (χ1n) is 19.1. The van der Waals surface area contributed by atoms with Gasteiger partial charge in [0.05, 0.1) is 34.8 Å². The fraction of sp³-hybridized carbons (Fsp3) is 0.571. The van der Waals surface area contributed by atoms with Crippen LogP contribution in [-0.4, -0.2) is 75.9 Å². The summed E-state index contributed by atoms with van der Waals surface area (Å²) in [6.45, 7) is 10.9. The predicted octanol–water partition coefficient (Wildman–Crippen LogP) is 7.11. The molecule has 6 rings (SSSR count). The Morgan fingerprint density at radius 1 is 1.06 bits per heavy atom. The van der Waals surface area contributed by atoms with Gasteiger partial charge in [0.15, 0.2) is 0 Å². The number of fused-ring (bicyclic) bond motifs is 2. The standard InChI is InChI=1S/C25H38O5.C15H13NO3.C2H6N2O/c1-6-25(4,5)24(28)30-21-12-15(2)11-17-8-7-16(3)20(23(17)21)10-9-19-13-18(26)14-22(27)29-19;17-14(10-4-2-1-3-5-10)13-7-6-12-11(15(18)19)8-9-16(12)13;1-4(2)3-5/h7-8,11,15-16,18-21,23,26H,6,9-10,12-14H2,1-5H3;1-7,11H,8-9H2,(H,18,19);1-2H3/t15-,16-,18+,19+,20-,21-,23-;;/m0../s1. The maximum absolute atomic E-state index is 12.9. The van der Waals surface area contributed by atoms with Crippen LogP contribution in [0.2, 0.25) is 0 Å². The van der Waals surface area contributed by atoms with Gasteiger partial charge in [-0.2, -0.15) is 0 Å². The molecule has 1 fully saturated rings. The molecule has 2 aliphatic carbocycles. The van der Waals surface area contributed by atoms with Gasteiger partial charge in [-0.05, 0) is 81.4 Å². The topological polar surface area (TPSA) is 165 Å². The molecule has 1 saturated heterocycles. The molecule has 12 heteroatoms. The summed E-state index contributed by atoms with van der Waals surface area (Å²) in [5.74, 6) is -0.594. The highest BCUT2D eigenvalue weighted by Crippen LogP contribution is 2.45. The molecule has 0 radical (unpaired) electrons. The Morgan fingerprint density at radius 2 is 1.74 bits per heavy atom. The van der Waals surface area contributed by atoms with E-state index in [1.54, 1.807) is 38.4 Å². The minimum absolute atomic E-state index is 0.0575. The minimum Gasteiger partial charge on any atom is -0.481 e. The van der Waals surface area contributed by atoms with Gasteiger partial charge < -0.3 is 24.3 Å². The molecular formula is C42H57N3O9. The molecular weight excluding hydrogens is 690 g/mol. The molecule has 3 heterocycles. The van der Waals surface area contributed by atoms with Gasteiger partial charge in [-0.25, -0.2) is 0 Å². The summed E-state index contributed by atoms with van der Waals surface area (Å²) in [5.41, 5.74) is 2.71. The Morgan fingerprint density at radius 3 is 2.35 bits per heavy atom. The van der Waals surface area contributed by atoms with Crippen molar-refractivity contribution in [1.29, 1.82) is 0 Å². The number of carbonyl (C=O) groups excluding carboxylic acids is 3. The van der Waals surface area contributed by atoms with Crippen LogP contribution in [-0.2, 0) is 30.4 Å². The van der Waals surface area contributed by atoms with E-state index in [1.165, 1.54) is 10.6 Å². The van der Waals surface area contributed by atoms with Gasteiger partial charge >= 0.3 is 17.9 Å². The van der Waals surface area contributed by atoms with E-state index in [1.807, 2.05) is 43.5 Å². The third-order valence-corrected chi connectivity index (χ3v) is 11.1. The van der Waals surface area contributed by atoms with Crippen molar-refractivity contribution in [1.82, 2.24) is 9.58 Å². The molecule has 0 amide bonds. The van der Waals surface area contributed by atoms with Crippen molar-refractivity contribution in [2.24, 2.45) is 34.4 Å². The average Bonchev–Trinajstić information content (AvgIpc) is 3.74. The number of nitroso groups, excluding NO2 is 1. The number of carbonyl (C=O) groups is 4. The minimum atomic E-state index is -0.824. The van der Waals surface area contributed by atoms with E-state index in [2.05, 4.69) is 37.4 Å². The highest BCUT2D eigenvalue weighted by atomic mass is 16.6. The molecule has 0 saturated carbocycles. The van der Waals surface area contributed by atoms with Gasteiger partial charge in [-0.1, -0.05) is 69.3 Å². The monoisotopic (exact) mass is 747 g/mol. The molecule has 2 aromatic rings. The summed E-state index contributed by atoms with van der Waals surface area (Å²) in [6, 6.07) is 12.5. The number of aliphatic hydroxyl groups is 1. The number of hydrogen-bond donors (Lipinski definition) is 2. The molecule has 12 nitrogen and oxygen atoms in total. The number of esters is 2. The Hall–Kier alpha value is -4.58. The van der Waals surface area contributed by atoms with Crippen LogP contribution in [0.1, 0.15) is 107 Å². The van der Waals surface area contributed by atoms with Gasteiger partial charge in [0.25, 0.3) is 0 Å². The number of hydrogen-bond acceptors (Lipinski definition) is 9. The van der Waals surface area contributed by atoms with Crippen molar-refractivity contribution in [2.45, 2.75) is 110 Å². The molecule has 0 bridgehead atoms. The van der Waals surface area contributed by atoms with Crippen molar-refractivity contribution < 1.29 is 38.9 Å². The van der Waals surface area contributed by atoms with Crippen LogP contribution in [0.5, 0.6) is 0 Å². The summed E-state index contributed by atoms with van der Waals surface area (Å²) >= 11 is 0. The number of nitrogens with zero attached hydrogens (tertiary/aromatic N) is 3. The summed E-state index contributed by atoms with van der Waals surface area (Å²) in [4.78, 5) is 57.2. The lowest BCUT2D eigenvalue weighted by Gasteiger charge is -2.44. The van der Waals surface area contributed by atoms with Crippen LogP contribution in [0.3, 0.4) is 0 Å². The lowest BCUT2D eigenvalue weighted by atomic mass is 9.65. The Labute approximate surface area is 318 Å². The maximum Gasteiger partial charge on any atom is 0.312 e. The molecule has 1 unspecified atom stereocenters. The van der Waals surface area contributed by atoms with Crippen molar-refractivity contribution in [2.75, 3.05) is 14.1 Å². The van der Waals surface area contributed by atoms with Crippen molar-refractivity contribution in [3.05, 3.63) is 88.1 Å². The Kier molecular flexibility index (Phi) is 14.6. The van der Waals surface area contributed by atoms with E-state index in [0.29, 0.717) is 48.4 Å². The van der Waals surface area contributed by atoms with E-state index in [0.717, 1.165) is 31.4 Å². The van der Waals surface area contributed by atoms with Crippen molar-refractivity contribution >= 4 is 23.7 Å². The van der Waals surface area contributed by atoms with Gasteiger partial charge in [0.1, 0.15) is 12.2 Å². The summed E-state index contributed by atoms with van der Waals surface area (Å²) in [5, 5.41) is 22.7. The van der Waals surface area contributed by atoms with Crippen molar-refractivity contribution in [3.63, 3.8) is 0 Å². The summed E-state index contributed by atoms with van der Waals surface area (Å²) in [7, 11) is 3.15. The predicted molar refractivity (Wildman–Crippen MR) is 204 cm³/mol. The van der Waals surface area contributed by atoms with Crippen LogP contribution in [0.15, 0.2) is 71.6 Å². The molecule has 54 heavy (non-hydrogen) atoms. The fourth-order valence-corrected chi connectivity index (χ4v) is 7.71. The first kappa shape index (κ1) is 42.2. The smallest absolute Gasteiger partial charge is 0.312 e. The maximum atomic E-state index is 12.9. The van der Waals surface area contributed by atoms with E-state index >= 15 is 0 Å². The number of rotatable bonds is 10. The first-order valence-corrected chi connectivity index (χ1v) is 19.1. The SMILES string of the molecule is CCC(C)(C)C(=O)O[C@H]1C[C@@H](C)C=C2C=C[C@H](C)[C@H](CC[C@@H]3C[C@@H](O)CC(=O)O3)[C@H]21.CN(C)N=O.O=C(c1ccccc1)c1ccc2n1CCC2C(=O)O. The number of benzene rings is 1. The van der Waals surface area contributed by atoms with E-state index in [-0.39, 0.29) is 42.3 Å². The summed E-state index contributed by atoms with van der Waals surface area (Å²) in [6.07, 6.45) is 10.2. The number of allylic oxidation sites excluding steroid dienone is 3. The number of carboxylic acids is 1. The number of aliphatic hydroxyl groups excluding tert-OH is 1. The number of cyclic esters (lactones) is 1. The van der Waals surface area contributed by atoms with E-state index < -0.39 is 23.4 Å². The first-order chi connectivity index (χ1) is 25.6. The highest BCUT2D eigenvalue weighted by Gasteiger charge is 2.43. The van der Waals surface area contributed by atoms with Gasteiger partial charge in [0, 0.05) is 44.2 Å². The molecule has 1 aromatic heterocycles. The third-order valence-electron chi connectivity index (χ3n) is 11.1. The zero-order valence-corrected chi connectivity index (χ0v) is 32.6. The number of carboxylic acid groups (broad SMARTS) is 1. The second-order valence-corrected chi connectivity index (χ2v) is 15.9. The number of aliphatic carboxylic acids is 1. The van der Waals surface area contributed by atoms with Crippen LogP contribution in [0.4, 0.5) is 0 Å². The average molecular weight is 748 g/mol. The molecule has 0 spiro atoms. The summed E-state index contributed by atoms with van der Waals surface area (Å²) < 4.78 is 13.4. The number of ketones is 1. The Bertz CT molecular complexity index is 1700. The molecule has 1 aromatic carbocycles. The molecule has 8 atom stereocenters. The third kappa shape index (κ3) is 10.5. The van der Waals surface area contributed by atoms with Gasteiger partial charge in [-0.15, -0.1) is 4.91 Å². The zero-order valence-electron chi connectivity index (χ0n) is 32.6. The molecule has 2 N–H and O–H groups in total. The van der Waals surface area contributed by atoms with Crippen LogP contribution < -0.4 is 0 Å². The van der Waals surface area contributed by atoms with E-state index in [9.17, 15) is 29.2 Å². The lowest BCUT2D eigenvalue weighted by Crippen LogP contribution is -2.43. The zero-order chi connectivity index (χ0) is 39.7. The molecule has 2 aliphatic heterocycles. The van der Waals surface area contributed by atoms with Crippen LogP contribution in [0, 0.1) is 34.0 Å². The molecule has 294 valence electrons. The van der Waals surface area contributed by atoms with Crippen LogP contribution in [0.25, 0.3) is 0 Å².